The lowest BCUT2D eigenvalue weighted by atomic mass is 10.1. The van der Waals surface area contributed by atoms with Crippen molar-refractivity contribution in [2.75, 3.05) is 7.05 Å². The van der Waals surface area contributed by atoms with Crippen LogP contribution in [0.2, 0.25) is 0 Å². The third kappa shape index (κ3) is 7.09. The molecule has 6 heteroatoms. The molecule has 0 heterocycles. The molecule has 2 rings (SSSR count). The zero-order valence-electron chi connectivity index (χ0n) is 16.3. The van der Waals surface area contributed by atoms with Crippen LogP contribution in [0.1, 0.15) is 42.3 Å². The van der Waals surface area contributed by atoms with Crippen molar-refractivity contribution in [3.63, 3.8) is 0 Å². The lowest BCUT2D eigenvalue weighted by molar-refractivity contribution is 0.0919. The fourth-order valence-electron chi connectivity index (χ4n) is 2.43. The Labute approximate surface area is 160 Å². The second-order valence-corrected chi connectivity index (χ2v) is 7.31. The van der Waals surface area contributed by atoms with Crippen molar-refractivity contribution in [1.82, 2.24) is 16.0 Å². The number of carbonyl (C=O) groups excluding carboxylic acids is 1. The Hall–Kier alpha value is -2.89. The number of guanidine groups is 1. The van der Waals surface area contributed by atoms with E-state index in [9.17, 15) is 9.18 Å². The molecule has 5 nitrogen and oxygen atoms in total. The fraction of sp³-hybridized carbons (Fsp3) is 0.333. The van der Waals surface area contributed by atoms with Crippen LogP contribution in [-0.2, 0) is 13.1 Å². The molecule has 144 valence electrons. The Kier molecular flexibility index (Phi) is 6.93. The molecule has 0 aliphatic heterocycles. The zero-order valence-corrected chi connectivity index (χ0v) is 16.3. The molecule has 0 spiro atoms. The molecule has 27 heavy (non-hydrogen) atoms. The van der Waals surface area contributed by atoms with Gasteiger partial charge in [0, 0.05) is 31.2 Å². The van der Waals surface area contributed by atoms with Crippen LogP contribution < -0.4 is 16.0 Å². The highest BCUT2D eigenvalue weighted by molar-refractivity contribution is 5.94. The molecule has 0 aliphatic rings. The van der Waals surface area contributed by atoms with E-state index in [4.69, 9.17) is 0 Å². The summed E-state index contributed by atoms with van der Waals surface area (Å²) < 4.78 is 13.0. The van der Waals surface area contributed by atoms with Crippen LogP contribution in [0.15, 0.2) is 53.5 Å². The molecule has 0 atom stereocenters. The van der Waals surface area contributed by atoms with Crippen molar-refractivity contribution in [2.45, 2.75) is 39.4 Å². The van der Waals surface area contributed by atoms with Gasteiger partial charge in [-0.1, -0.05) is 24.3 Å². The molecule has 0 bridgehead atoms. The number of nitrogens with one attached hydrogen (secondary N) is 3. The van der Waals surface area contributed by atoms with Crippen LogP contribution in [0.4, 0.5) is 4.39 Å². The summed E-state index contributed by atoms with van der Waals surface area (Å²) in [6, 6.07) is 13.8. The lowest BCUT2D eigenvalue weighted by Crippen LogP contribution is -2.40. The van der Waals surface area contributed by atoms with E-state index < -0.39 is 0 Å². The first-order chi connectivity index (χ1) is 12.8. The van der Waals surface area contributed by atoms with Crippen molar-refractivity contribution in [3.8, 4) is 0 Å². The van der Waals surface area contributed by atoms with Gasteiger partial charge in [0.25, 0.3) is 5.91 Å². The normalized spacial score (nSPS) is 11.8. The van der Waals surface area contributed by atoms with Gasteiger partial charge in [-0.15, -0.1) is 0 Å². The highest BCUT2D eigenvalue weighted by atomic mass is 19.1. The summed E-state index contributed by atoms with van der Waals surface area (Å²) in [7, 11) is 1.69. The van der Waals surface area contributed by atoms with E-state index >= 15 is 0 Å². The van der Waals surface area contributed by atoms with Gasteiger partial charge in [0.2, 0.25) is 0 Å². The van der Waals surface area contributed by atoms with Gasteiger partial charge in [0.05, 0.1) is 0 Å². The molecule has 2 aromatic carbocycles. The molecule has 0 saturated carbocycles. The van der Waals surface area contributed by atoms with Crippen molar-refractivity contribution >= 4 is 11.9 Å². The Morgan fingerprint density at radius 2 is 1.63 bits per heavy atom. The number of carbonyl (C=O) groups is 1. The predicted molar refractivity (Wildman–Crippen MR) is 107 cm³/mol. The van der Waals surface area contributed by atoms with Crippen LogP contribution >= 0.6 is 0 Å². The monoisotopic (exact) mass is 370 g/mol. The molecule has 2 aromatic rings. The first kappa shape index (κ1) is 20.4. The van der Waals surface area contributed by atoms with Crippen LogP contribution in [0.3, 0.4) is 0 Å². The summed E-state index contributed by atoms with van der Waals surface area (Å²) in [5.41, 5.74) is 2.28. The number of hydrogen-bond acceptors (Lipinski definition) is 2. The third-order valence-electron chi connectivity index (χ3n) is 3.73. The lowest BCUT2D eigenvalue weighted by Gasteiger charge is -2.20. The number of amides is 1. The van der Waals surface area contributed by atoms with E-state index in [-0.39, 0.29) is 17.3 Å². The van der Waals surface area contributed by atoms with Gasteiger partial charge in [-0.2, -0.15) is 0 Å². The molecule has 1 amide bonds. The molecular weight excluding hydrogens is 343 g/mol. The SMILES string of the molecule is CN=C(NCc1ccc(F)cc1)NCc1cccc(C(=O)NC(C)(C)C)c1. The highest BCUT2D eigenvalue weighted by Crippen LogP contribution is 2.08. The number of benzene rings is 2. The molecule has 0 aromatic heterocycles. The van der Waals surface area contributed by atoms with Gasteiger partial charge in [-0.25, -0.2) is 4.39 Å². The fourth-order valence-corrected chi connectivity index (χ4v) is 2.43. The quantitative estimate of drug-likeness (QED) is 0.559. The van der Waals surface area contributed by atoms with Crippen molar-refractivity contribution in [1.29, 1.82) is 0 Å². The molecule has 0 saturated heterocycles. The zero-order chi connectivity index (χ0) is 19.9. The Morgan fingerprint density at radius 3 is 2.22 bits per heavy atom. The van der Waals surface area contributed by atoms with E-state index in [2.05, 4.69) is 20.9 Å². The average molecular weight is 370 g/mol. The maximum Gasteiger partial charge on any atom is 0.251 e. The molecule has 0 radical (unpaired) electrons. The summed E-state index contributed by atoms with van der Waals surface area (Å²) in [5, 5.41) is 9.35. The standard InChI is InChI=1S/C21H27FN4O/c1-21(2,3)26-19(27)17-7-5-6-16(12-17)14-25-20(23-4)24-13-15-8-10-18(22)11-9-15/h5-12H,13-14H2,1-4H3,(H,26,27)(H2,23,24,25). The van der Waals surface area contributed by atoms with Crippen molar-refractivity contribution in [2.24, 2.45) is 4.99 Å². The first-order valence-corrected chi connectivity index (χ1v) is 8.87. The maximum absolute atomic E-state index is 13.0. The van der Waals surface area contributed by atoms with Crippen molar-refractivity contribution in [3.05, 3.63) is 71.0 Å². The smallest absolute Gasteiger partial charge is 0.251 e. The van der Waals surface area contributed by atoms with E-state index in [0.717, 1.165) is 11.1 Å². The largest absolute Gasteiger partial charge is 0.352 e. The third-order valence-corrected chi connectivity index (χ3v) is 3.73. The summed E-state index contributed by atoms with van der Waals surface area (Å²) in [4.78, 5) is 16.5. The topological polar surface area (TPSA) is 65.5 Å². The van der Waals surface area contributed by atoms with E-state index in [1.807, 2.05) is 39.0 Å². The van der Waals surface area contributed by atoms with Crippen molar-refractivity contribution < 1.29 is 9.18 Å². The van der Waals surface area contributed by atoms with Gasteiger partial charge in [-0.05, 0) is 56.2 Å². The number of rotatable bonds is 5. The molecule has 0 fully saturated rings. The first-order valence-electron chi connectivity index (χ1n) is 8.87. The number of halogens is 1. The molecule has 0 aliphatic carbocycles. The summed E-state index contributed by atoms with van der Waals surface area (Å²) in [5.74, 6) is 0.281. The van der Waals surface area contributed by atoms with E-state index in [0.29, 0.717) is 24.6 Å². The second-order valence-electron chi connectivity index (χ2n) is 7.31. The molecule has 0 unspecified atom stereocenters. The van der Waals surface area contributed by atoms with Gasteiger partial charge in [0.15, 0.2) is 5.96 Å². The van der Waals surface area contributed by atoms with E-state index in [1.54, 1.807) is 25.2 Å². The molecule has 3 N–H and O–H groups in total. The summed E-state index contributed by atoms with van der Waals surface area (Å²) in [6.07, 6.45) is 0. The number of hydrogen-bond donors (Lipinski definition) is 3. The minimum atomic E-state index is -0.280. The Balaban J connectivity index is 1.91. The summed E-state index contributed by atoms with van der Waals surface area (Å²) >= 11 is 0. The van der Waals surface area contributed by atoms with E-state index in [1.165, 1.54) is 12.1 Å². The highest BCUT2D eigenvalue weighted by Gasteiger charge is 2.15. The van der Waals surface area contributed by atoms with Crippen LogP contribution in [0, 0.1) is 5.82 Å². The maximum atomic E-state index is 13.0. The Morgan fingerprint density at radius 1 is 1.00 bits per heavy atom. The Bertz CT molecular complexity index is 795. The minimum Gasteiger partial charge on any atom is -0.352 e. The van der Waals surface area contributed by atoms with Gasteiger partial charge < -0.3 is 16.0 Å². The second kappa shape index (κ2) is 9.16. The van der Waals surface area contributed by atoms with Crippen LogP contribution in [0.25, 0.3) is 0 Å². The van der Waals surface area contributed by atoms with Gasteiger partial charge >= 0.3 is 0 Å². The number of aliphatic imine (C=N–C) groups is 1. The van der Waals surface area contributed by atoms with Gasteiger partial charge in [0.1, 0.15) is 5.82 Å². The van der Waals surface area contributed by atoms with Gasteiger partial charge in [-0.3, -0.25) is 9.79 Å². The average Bonchev–Trinajstić information content (AvgIpc) is 2.62. The number of nitrogens with zero attached hydrogens (tertiary/aromatic N) is 1. The minimum absolute atomic E-state index is 0.0943. The van der Waals surface area contributed by atoms with Crippen LogP contribution in [0.5, 0.6) is 0 Å². The predicted octanol–water partition coefficient (Wildman–Crippen LogP) is 3.22. The summed E-state index contributed by atoms with van der Waals surface area (Å²) in [6.45, 7) is 6.92. The molecular formula is C21H27FN4O. The van der Waals surface area contributed by atoms with Crippen LogP contribution in [-0.4, -0.2) is 24.5 Å².